The summed E-state index contributed by atoms with van der Waals surface area (Å²) < 4.78 is 38.7. The second kappa shape index (κ2) is 6.43. The van der Waals surface area contributed by atoms with Crippen molar-refractivity contribution in [3.8, 4) is 6.07 Å². The molecule has 0 heterocycles. The number of rotatable bonds is 5. The molecular weight excluding hydrogens is 287 g/mol. The molecule has 0 bridgehead atoms. The van der Waals surface area contributed by atoms with Crippen LogP contribution < -0.4 is 4.90 Å². The Morgan fingerprint density at radius 1 is 1.48 bits per heavy atom. The molecule has 0 aliphatic rings. The summed E-state index contributed by atoms with van der Waals surface area (Å²) in [7, 11) is 0. The maximum Gasteiger partial charge on any atom is 0.423 e. The topological polar surface area (TPSA) is 70.2 Å². The summed E-state index contributed by atoms with van der Waals surface area (Å²) >= 11 is 0. The Morgan fingerprint density at radius 2 is 2.10 bits per heavy atom. The van der Waals surface area contributed by atoms with Crippen molar-refractivity contribution in [1.82, 2.24) is 0 Å². The lowest BCUT2D eigenvalue weighted by Crippen LogP contribution is -2.28. The van der Waals surface area contributed by atoms with E-state index in [0.29, 0.717) is 6.54 Å². The van der Waals surface area contributed by atoms with Crippen molar-refractivity contribution >= 4 is 11.4 Å². The van der Waals surface area contributed by atoms with Crippen LogP contribution in [0.25, 0.3) is 0 Å². The standard InChI is InChI=1S/C13H14F3N3O2/c1-3-18(8-9(2)7-17)10-4-5-12(19(20)21)11(6-10)13(14,15)16/h4-6,9H,3,8H2,1-2H3. The number of alkyl halides is 3. The molecule has 0 aromatic heterocycles. The first-order valence-corrected chi connectivity index (χ1v) is 6.20. The number of nitro groups is 1. The van der Waals surface area contributed by atoms with Crippen LogP contribution in [0.3, 0.4) is 0 Å². The van der Waals surface area contributed by atoms with E-state index in [1.54, 1.807) is 18.7 Å². The second-order valence-electron chi connectivity index (χ2n) is 4.53. The normalized spacial score (nSPS) is 12.6. The smallest absolute Gasteiger partial charge is 0.370 e. The SMILES string of the molecule is CCN(CC(C)C#N)c1ccc([N+](=O)[O-])c(C(F)(F)F)c1. The largest absolute Gasteiger partial charge is 0.423 e. The number of nitriles is 1. The van der Waals surface area contributed by atoms with Crippen LogP contribution in [0.5, 0.6) is 0 Å². The van der Waals surface area contributed by atoms with Crippen LogP contribution in [0.4, 0.5) is 24.5 Å². The molecule has 114 valence electrons. The second-order valence-corrected chi connectivity index (χ2v) is 4.53. The Morgan fingerprint density at radius 3 is 2.52 bits per heavy atom. The molecule has 0 amide bonds. The molecule has 1 aromatic rings. The van der Waals surface area contributed by atoms with Gasteiger partial charge in [0.15, 0.2) is 0 Å². The van der Waals surface area contributed by atoms with E-state index in [1.165, 1.54) is 6.07 Å². The summed E-state index contributed by atoms with van der Waals surface area (Å²) in [6.45, 7) is 4.03. The Kier molecular flexibility index (Phi) is 5.13. The van der Waals surface area contributed by atoms with Crippen LogP contribution in [0.2, 0.25) is 0 Å². The zero-order chi connectivity index (χ0) is 16.2. The van der Waals surface area contributed by atoms with Crippen LogP contribution >= 0.6 is 0 Å². The zero-order valence-electron chi connectivity index (χ0n) is 11.5. The van der Waals surface area contributed by atoms with Gasteiger partial charge in [0.05, 0.1) is 16.9 Å². The fourth-order valence-corrected chi connectivity index (χ4v) is 1.90. The molecule has 0 spiro atoms. The minimum absolute atomic E-state index is 0.206. The number of hydrogen-bond donors (Lipinski definition) is 0. The van der Waals surface area contributed by atoms with E-state index >= 15 is 0 Å². The van der Waals surface area contributed by atoms with Crippen molar-refractivity contribution in [2.24, 2.45) is 5.92 Å². The van der Waals surface area contributed by atoms with E-state index < -0.39 is 22.4 Å². The summed E-state index contributed by atoms with van der Waals surface area (Å²) in [5.74, 6) is -0.366. The maximum atomic E-state index is 12.9. The molecular formula is C13H14F3N3O2. The molecule has 1 unspecified atom stereocenters. The molecule has 0 saturated carbocycles. The molecule has 0 fully saturated rings. The number of halogens is 3. The average Bonchev–Trinajstić information content (AvgIpc) is 2.42. The van der Waals surface area contributed by atoms with Gasteiger partial charge in [-0.05, 0) is 26.0 Å². The predicted octanol–water partition coefficient (Wildman–Crippen LogP) is 3.60. The van der Waals surface area contributed by atoms with Crippen molar-refractivity contribution < 1.29 is 18.1 Å². The first kappa shape index (κ1) is 16.8. The van der Waals surface area contributed by atoms with E-state index in [1.807, 2.05) is 6.07 Å². The van der Waals surface area contributed by atoms with Crippen molar-refractivity contribution in [2.75, 3.05) is 18.0 Å². The van der Waals surface area contributed by atoms with Crippen molar-refractivity contribution in [1.29, 1.82) is 5.26 Å². The molecule has 0 saturated heterocycles. The minimum Gasteiger partial charge on any atom is -0.370 e. The first-order valence-electron chi connectivity index (χ1n) is 6.20. The third kappa shape index (κ3) is 4.08. The van der Waals surface area contributed by atoms with Gasteiger partial charge in [0.25, 0.3) is 5.69 Å². The molecule has 0 aliphatic heterocycles. The average molecular weight is 301 g/mol. The van der Waals surface area contributed by atoms with Crippen LogP contribution in [-0.2, 0) is 6.18 Å². The van der Waals surface area contributed by atoms with Crippen molar-refractivity contribution in [2.45, 2.75) is 20.0 Å². The molecule has 0 aliphatic carbocycles. The molecule has 5 nitrogen and oxygen atoms in total. The van der Waals surface area contributed by atoms with Crippen LogP contribution in [0.15, 0.2) is 18.2 Å². The summed E-state index contributed by atoms with van der Waals surface area (Å²) in [5, 5.41) is 19.5. The lowest BCUT2D eigenvalue weighted by Gasteiger charge is -2.25. The Hall–Kier alpha value is -2.30. The molecule has 1 aromatic carbocycles. The fourth-order valence-electron chi connectivity index (χ4n) is 1.90. The van der Waals surface area contributed by atoms with Gasteiger partial charge in [-0.25, -0.2) is 0 Å². The minimum atomic E-state index is -4.81. The van der Waals surface area contributed by atoms with Gasteiger partial charge in [0, 0.05) is 24.8 Å². The Labute approximate surface area is 119 Å². The fraction of sp³-hybridized carbons (Fsp3) is 0.462. The highest BCUT2D eigenvalue weighted by molar-refractivity contribution is 5.56. The summed E-state index contributed by atoms with van der Waals surface area (Å²) in [4.78, 5) is 11.2. The lowest BCUT2D eigenvalue weighted by atomic mass is 10.1. The highest BCUT2D eigenvalue weighted by Crippen LogP contribution is 2.38. The number of nitrogens with zero attached hydrogens (tertiary/aromatic N) is 3. The summed E-state index contributed by atoms with van der Waals surface area (Å²) in [5.41, 5.74) is -2.05. The summed E-state index contributed by atoms with van der Waals surface area (Å²) in [6, 6.07) is 4.87. The van der Waals surface area contributed by atoms with Gasteiger partial charge in [0.2, 0.25) is 0 Å². The highest BCUT2D eigenvalue weighted by atomic mass is 19.4. The van der Waals surface area contributed by atoms with E-state index in [2.05, 4.69) is 0 Å². The molecule has 1 rings (SSSR count). The van der Waals surface area contributed by atoms with Crippen molar-refractivity contribution in [3.63, 3.8) is 0 Å². The molecule has 0 N–H and O–H groups in total. The lowest BCUT2D eigenvalue weighted by molar-refractivity contribution is -0.388. The number of anilines is 1. The van der Waals surface area contributed by atoms with Gasteiger partial charge in [-0.2, -0.15) is 18.4 Å². The van der Waals surface area contributed by atoms with E-state index in [-0.39, 0.29) is 18.2 Å². The molecule has 1 atom stereocenters. The van der Waals surface area contributed by atoms with Gasteiger partial charge in [-0.15, -0.1) is 0 Å². The first-order chi connectivity index (χ1) is 9.70. The van der Waals surface area contributed by atoms with E-state index in [0.717, 1.165) is 12.1 Å². The van der Waals surface area contributed by atoms with E-state index in [4.69, 9.17) is 5.26 Å². The van der Waals surface area contributed by atoms with Crippen LogP contribution in [0, 0.1) is 27.4 Å². The van der Waals surface area contributed by atoms with Gasteiger partial charge in [-0.3, -0.25) is 10.1 Å². The molecule has 0 radical (unpaired) electrons. The predicted molar refractivity (Wildman–Crippen MR) is 70.8 cm³/mol. The highest BCUT2D eigenvalue weighted by Gasteiger charge is 2.38. The van der Waals surface area contributed by atoms with Gasteiger partial charge < -0.3 is 4.90 Å². The zero-order valence-corrected chi connectivity index (χ0v) is 11.5. The van der Waals surface area contributed by atoms with Gasteiger partial charge >= 0.3 is 6.18 Å². The third-order valence-corrected chi connectivity index (χ3v) is 2.94. The number of benzene rings is 1. The number of hydrogen-bond acceptors (Lipinski definition) is 4. The van der Waals surface area contributed by atoms with Crippen molar-refractivity contribution in [3.05, 3.63) is 33.9 Å². The quantitative estimate of drug-likeness (QED) is 0.615. The maximum absolute atomic E-state index is 12.9. The third-order valence-electron chi connectivity index (χ3n) is 2.94. The Balaban J connectivity index is 3.27. The number of nitro benzene ring substituents is 1. The van der Waals surface area contributed by atoms with Crippen LogP contribution in [-0.4, -0.2) is 18.0 Å². The Bertz CT molecular complexity index is 567. The molecule has 8 heteroatoms. The van der Waals surface area contributed by atoms with Crippen LogP contribution in [0.1, 0.15) is 19.4 Å². The summed E-state index contributed by atoms with van der Waals surface area (Å²) in [6.07, 6.45) is -4.81. The van der Waals surface area contributed by atoms with Gasteiger partial charge in [-0.1, -0.05) is 0 Å². The molecule has 21 heavy (non-hydrogen) atoms. The monoisotopic (exact) mass is 301 g/mol. The van der Waals surface area contributed by atoms with Gasteiger partial charge in [0.1, 0.15) is 5.56 Å². The van der Waals surface area contributed by atoms with E-state index in [9.17, 15) is 23.3 Å².